The van der Waals surface area contributed by atoms with Gasteiger partial charge in [-0.3, -0.25) is 0 Å². The Kier molecular flexibility index (Phi) is 5.74. The van der Waals surface area contributed by atoms with Crippen LogP contribution in [0.4, 0.5) is 0 Å². The maximum Gasteiger partial charge on any atom is 0.122 e. The van der Waals surface area contributed by atoms with Crippen LogP contribution in [-0.4, -0.2) is 20.2 Å². The smallest absolute Gasteiger partial charge is 0.122 e. The minimum Gasteiger partial charge on any atom is -0.496 e. The summed E-state index contributed by atoms with van der Waals surface area (Å²) in [5, 5.41) is 4.29. The van der Waals surface area contributed by atoms with Crippen LogP contribution in [0.5, 0.6) is 5.75 Å². The molecule has 3 atom stereocenters. The van der Waals surface area contributed by atoms with Crippen LogP contribution in [-0.2, 0) is 6.42 Å². The van der Waals surface area contributed by atoms with Crippen LogP contribution in [0.1, 0.15) is 38.2 Å². The maximum absolute atomic E-state index is 6.13. The number of nitrogens with one attached hydrogen (secondary N) is 1. The highest BCUT2D eigenvalue weighted by Crippen LogP contribution is 2.36. The lowest BCUT2D eigenvalue weighted by Crippen LogP contribution is -2.34. The van der Waals surface area contributed by atoms with Crippen LogP contribution in [0.2, 0.25) is 5.02 Å². The third-order valence-corrected chi connectivity index (χ3v) is 5.02. The van der Waals surface area contributed by atoms with Gasteiger partial charge in [-0.15, -0.1) is 0 Å². The third-order valence-electron chi connectivity index (χ3n) is 4.78. The van der Waals surface area contributed by atoms with Gasteiger partial charge in [0.15, 0.2) is 0 Å². The lowest BCUT2D eigenvalue weighted by atomic mass is 9.90. The Bertz CT molecular complexity index is 435. The Morgan fingerprint density at radius 1 is 1.40 bits per heavy atom. The van der Waals surface area contributed by atoms with E-state index in [-0.39, 0.29) is 0 Å². The van der Waals surface area contributed by atoms with Crippen LogP contribution < -0.4 is 10.1 Å². The van der Waals surface area contributed by atoms with Crippen molar-refractivity contribution in [3.63, 3.8) is 0 Å². The quantitative estimate of drug-likeness (QED) is 0.844. The van der Waals surface area contributed by atoms with E-state index < -0.39 is 0 Å². The SMILES string of the molecule is CCC1CCC(C(Cc2cc(Cl)ccc2OC)NC)C1. The van der Waals surface area contributed by atoms with Crippen molar-refractivity contribution in [1.82, 2.24) is 5.32 Å². The van der Waals surface area contributed by atoms with E-state index in [4.69, 9.17) is 16.3 Å². The van der Waals surface area contributed by atoms with Gasteiger partial charge in [-0.1, -0.05) is 31.4 Å². The number of hydrogen-bond donors (Lipinski definition) is 1. The third kappa shape index (κ3) is 3.67. The van der Waals surface area contributed by atoms with Crippen molar-refractivity contribution in [3.8, 4) is 5.75 Å². The Labute approximate surface area is 127 Å². The monoisotopic (exact) mass is 295 g/mol. The number of halogens is 1. The highest BCUT2D eigenvalue weighted by molar-refractivity contribution is 6.30. The standard InChI is InChI=1S/C17H26ClNO/c1-4-12-5-6-13(9-12)16(19-2)11-14-10-15(18)7-8-17(14)20-3/h7-8,10,12-13,16,19H,4-6,9,11H2,1-3H3. The fraction of sp³-hybridized carbons (Fsp3) is 0.647. The van der Waals surface area contributed by atoms with Crippen LogP contribution in [0.15, 0.2) is 18.2 Å². The number of benzene rings is 1. The highest BCUT2D eigenvalue weighted by Gasteiger charge is 2.29. The average molecular weight is 296 g/mol. The van der Waals surface area contributed by atoms with Gasteiger partial charge in [0.05, 0.1) is 7.11 Å². The van der Waals surface area contributed by atoms with Gasteiger partial charge in [0.25, 0.3) is 0 Å². The molecule has 2 nitrogen and oxygen atoms in total. The second kappa shape index (κ2) is 7.33. The Balaban J connectivity index is 2.08. The molecular weight excluding hydrogens is 270 g/mol. The Morgan fingerprint density at radius 3 is 2.80 bits per heavy atom. The van der Waals surface area contributed by atoms with E-state index in [1.54, 1.807) is 7.11 Å². The fourth-order valence-corrected chi connectivity index (χ4v) is 3.69. The molecule has 1 aromatic rings. The van der Waals surface area contributed by atoms with Crippen molar-refractivity contribution in [2.75, 3.05) is 14.2 Å². The first-order valence-electron chi connectivity index (χ1n) is 7.67. The van der Waals surface area contributed by atoms with Crippen molar-refractivity contribution in [3.05, 3.63) is 28.8 Å². The molecule has 1 saturated carbocycles. The summed E-state index contributed by atoms with van der Waals surface area (Å²) in [5.74, 6) is 2.63. The first kappa shape index (κ1) is 15.7. The minimum atomic E-state index is 0.513. The first-order chi connectivity index (χ1) is 9.67. The van der Waals surface area contributed by atoms with Gasteiger partial charge in [-0.2, -0.15) is 0 Å². The van der Waals surface area contributed by atoms with E-state index in [1.165, 1.54) is 31.2 Å². The molecule has 0 radical (unpaired) electrons. The van der Waals surface area contributed by atoms with Crippen LogP contribution in [0, 0.1) is 11.8 Å². The second-order valence-corrected chi connectivity index (χ2v) is 6.34. The van der Waals surface area contributed by atoms with Crippen molar-refractivity contribution in [1.29, 1.82) is 0 Å². The Morgan fingerprint density at radius 2 is 2.20 bits per heavy atom. The summed E-state index contributed by atoms with van der Waals surface area (Å²) in [6.45, 7) is 2.31. The molecule has 0 saturated heterocycles. The summed E-state index contributed by atoms with van der Waals surface area (Å²) in [6.07, 6.45) is 6.37. The average Bonchev–Trinajstić information content (AvgIpc) is 2.93. The molecule has 0 amide bonds. The van der Waals surface area contributed by atoms with Crippen molar-refractivity contribution in [2.45, 2.75) is 45.1 Å². The number of ether oxygens (including phenoxy) is 1. The van der Waals surface area contributed by atoms with Crippen molar-refractivity contribution < 1.29 is 4.74 Å². The molecule has 3 heteroatoms. The van der Waals surface area contributed by atoms with E-state index in [0.717, 1.165) is 29.0 Å². The highest BCUT2D eigenvalue weighted by atomic mass is 35.5. The molecule has 20 heavy (non-hydrogen) atoms. The second-order valence-electron chi connectivity index (χ2n) is 5.90. The van der Waals surface area contributed by atoms with E-state index in [2.05, 4.69) is 19.3 Å². The van der Waals surface area contributed by atoms with E-state index in [0.29, 0.717) is 6.04 Å². The molecule has 1 fully saturated rings. The molecule has 0 heterocycles. The molecule has 1 aliphatic rings. The summed E-state index contributed by atoms with van der Waals surface area (Å²) < 4.78 is 5.46. The topological polar surface area (TPSA) is 21.3 Å². The van der Waals surface area contributed by atoms with Gasteiger partial charge in [0.2, 0.25) is 0 Å². The molecule has 1 aliphatic carbocycles. The lowest BCUT2D eigenvalue weighted by Gasteiger charge is -2.24. The van der Waals surface area contributed by atoms with Gasteiger partial charge in [-0.05, 0) is 61.9 Å². The summed E-state index contributed by atoms with van der Waals surface area (Å²) >= 11 is 6.13. The molecule has 0 bridgehead atoms. The van der Waals surface area contributed by atoms with Crippen LogP contribution in [0.3, 0.4) is 0 Å². The molecule has 0 aliphatic heterocycles. The molecule has 2 rings (SSSR count). The molecule has 0 aromatic heterocycles. The van der Waals surface area contributed by atoms with E-state index in [9.17, 15) is 0 Å². The van der Waals surface area contributed by atoms with E-state index >= 15 is 0 Å². The van der Waals surface area contributed by atoms with Crippen LogP contribution in [0.25, 0.3) is 0 Å². The molecule has 1 aromatic carbocycles. The predicted octanol–water partition coefficient (Wildman–Crippen LogP) is 4.31. The Hall–Kier alpha value is -0.730. The number of likely N-dealkylation sites (N-methyl/N-ethyl adjacent to an activating group) is 1. The lowest BCUT2D eigenvalue weighted by molar-refractivity contribution is 0.353. The summed E-state index contributed by atoms with van der Waals surface area (Å²) in [5.41, 5.74) is 1.21. The zero-order valence-electron chi connectivity index (χ0n) is 12.8. The first-order valence-corrected chi connectivity index (χ1v) is 8.05. The van der Waals surface area contributed by atoms with Crippen molar-refractivity contribution >= 4 is 11.6 Å². The number of hydrogen-bond acceptors (Lipinski definition) is 2. The fourth-order valence-electron chi connectivity index (χ4n) is 3.50. The van der Waals surface area contributed by atoms with E-state index in [1.807, 2.05) is 18.2 Å². The maximum atomic E-state index is 6.13. The molecule has 112 valence electrons. The molecular formula is C17H26ClNO. The summed E-state index contributed by atoms with van der Waals surface area (Å²) in [6, 6.07) is 6.41. The minimum absolute atomic E-state index is 0.513. The predicted molar refractivity (Wildman–Crippen MR) is 85.7 cm³/mol. The summed E-state index contributed by atoms with van der Waals surface area (Å²) in [7, 11) is 3.80. The zero-order chi connectivity index (χ0) is 14.5. The van der Waals surface area contributed by atoms with Gasteiger partial charge >= 0.3 is 0 Å². The number of rotatable bonds is 6. The van der Waals surface area contributed by atoms with Gasteiger partial charge < -0.3 is 10.1 Å². The number of methoxy groups -OCH3 is 1. The largest absolute Gasteiger partial charge is 0.496 e. The van der Waals surface area contributed by atoms with Gasteiger partial charge in [0.1, 0.15) is 5.75 Å². The molecule has 1 N–H and O–H groups in total. The molecule has 0 spiro atoms. The van der Waals surface area contributed by atoms with Crippen molar-refractivity contribution in [2.24, 2.45) is 11.8 Å². The summed E-state index contributed by atoms with van der Waals surface area (Å²) in [4.78, 5) is 0. The van der Waals surface area contributed by atoms with Gasteiger partial charge in [0, 0.05) is 11.1 Å². The zero-order valence-corrected chi connectivity index (χ0v) is 13.5. The van der Waals surface area contributed by atoms with Crippen LogP contribution >= 0.6 is 11.6 Å². The van der Waals surface area contributed by atoms with Gasteiger partial charge in [-0.25, -0.2) is 0 Å². The normalized spacial score (nSPS) is 23.8. The molecule has 3 unspecified atom stereocenters.